The lowest BCUT2D eigenvalue weighted by atomic mass is 10.4. The van der Waals surface area contributed by atoms with Gasteiger partial charge in [-0.05, 0) is 18.2 Å². The molecule has 0 aliphatic rings. The average molecular weight is 335 g/mol. The maximum Gasteiger partial charge on any atom is 0.319 e. The molecule has 0 aliphatic heterocycles. The number of hydrogen-bond donors (Lipinski definition) is 2. The lowest BCUT2D eigenvalue weighted by Gasteiger charge is -2.09. The SMILES string of the molecule is Cn1cc(NC(=O)NCCS(=O)(=O)c2ccccc2)ccc1=O. The van der Waals surface area contributed by atoms with Crippen LogP contribution in [0.15, 0.2) is 58.4 Å². The molecule has 0 aliphatic carbocycles. The minimum absolute atomic E-state index is 0.0190. The van der Waals surface area contributed by atoms with Gasteiger partial charge in [-0.3, -0.25) is 4.79 Å². The lowest BCUT2D eigenvalue weighted by Crippen LogP contribution is -2.33. The molecule has 0 atom stereocenters. The van der Waals surface area contributed by atoms with Crippen molar-refractivity contribution in [3.8, 4) is 0 Å². The molecule has 7 nitrogen and oxygen atoms in total. The van der Waals surface area contributed by atoms with Crippen molar-refractivity contribution in [2.24, 2.45) is 7.05 Å². The fourth-order valence-corrected chi connectivity index (χ4v) is 3.07. The van der Waals surface area contributed by atoms with E-state index in [1.54, 1.807) is 25.2 Å². The first kappa shape index (κ1) is 16.8. The molecule has 1 aromatic heterocycles. The number of pyridine rings is 1. The van der Waals surface area contributed by atoms with Crippen LogP contribution in [0.2, 0.25) is 0 Å². The Labute approximate surface area is 133 Å². The Bertz CT molecular complexity index is 845. The van der Waals surface area contributed by atoms with Gasteiger partial charge in [0.15, 0.2) is 9.84 Å². The summed E-state index contributed by atoms with van der Waals surface area (Å²) in [6.45, 7) is -0.0190. The molecule has 0 saturated heterocycles. The molecule has 0 bridgehead atoms. The zero-order valence-electron chi connectivity index (χ0n) is 12.5. The van der Waals surface area contributed by atoms with Crippen LogP contribution in [0.5, 0.6) is 0 Å². The summed E-state index contributed by atoms with van der Waals surface area (Å²) in [5.74, 6) is -0.197. The molecule has 2 amide bonds. The predicted molar refractivity (Wildman–Crippen MR) is 87.2 cm³/mol. The van der Waals surface area contributed by atoms with Gasteiger partial charge in [0.25, 0.3) is 0 Å². The van der Waals surface area contributed by atoms with Crippen LogP contribution in [0.4, 0.5) is 10.5 Å². The van der Waals surface area contributed by atoms with Gasteiger partial charge < -0.3 is 15.2 Å². The van der Waals surface area contributed by atoms with E-state index in [-0.39, 0.29) is 22.8 Å². The first-order valence-electron chi connectivity index (χ1n) is 6.88. The quantitative estimate of drug-likeness (QED) is 0.851. The summed E-state index contributed by atoms with van der Waals surface area (Å²) < 4.78 is 25.4. The number of aromatic nitrogens is 1. The normalized spacial score (nSPS) is 11.0. The number of urea groups is 1. The highest BCUT2D eigenvalue weighted by atomic mass is 32.2. The van der Waals surface area contributed by atoms with Gasteiger partial charge in [0.2, 0.25) is 5.56 Å². The topological polar surface area (TPSA) is 97.3 Å². The number of carbonyl (C=O) groups excluding carboxylic acids is 1. The van der Waals surface area contributed by atoms with Crippen molar-refractivity contribution in [3.05, 3.63) is 59.0 Å². The molecule has 0 radical (unpaired) electrons. The summed E-state index contributed by atoms with van der Waals surface area (Å²) in [4.78, 5) is 23.2. The van der Waals surface area contributed by atoms with Crippen LogP contribution in [0.3, 0.4) is 0 Å². The monoisotopic (exact) mass is 335 g/mol. The van der Waals surface area contributed by atoms with Crippen LogP contribution in [0.25, 0.3) is 0 Å². The molecule has 2 N–H and O–H groups in total. The van der Waals surface area contributed by atoms with Crippen molar-refractivity contribution < 1.29 is 13.2 Å². The molecular weight excluding hydrogens is 318 g/mol. The predicted octanol–water partition coefficient (Wildman–Crippen LogP) is 0.981. The van der Waals surface area contributed by atoms with Crippen LogP contribution in [0, 0.1) is 0 Å². The number of benzene rings is 1. The Balaban J connectivity index is 1.87. The fraction of sp³-hybridized carbons (Fsp3) is 0.200. The third-order valence-corrected chi connectivity index (χ3v) is 4.83. The molecule has 0 spiro atoms. The lowest BCUT2D eigenvalue weighted by molar-refractivity contribution is 0.252. The summed E-state index contributed by atoms with van der Waals surface area (Å²) in [5, 5.41) is 5.01. The highest BCUT2D eigenvalue weighted by Gasteiger charge is 2.14. The van der Waals surface area contributed by atoms with Crippen LogP contribution < -0.4 is 16.2 Å². The molecule has 2 aromatic rings. The Kier molecular flexibility index (Phi) is 5.17. The van der Waals surface area contributed by atoms with Gasteiger partial charge in [0, 0.05) is 25.9 Å². The minimum atomic E-state index is -3.43. The van der Waals surface area contributed by atoms with E-state index in [2.05, 4.69) is 10.6 Å². The number of aryl methyl sites for hydroxylation is 1. The zero-order valence-corrected chi connectivity index (χ0v) is 13.3. The molecule has 1 aromatic carbocycles. The van der Waals surface area contributed by atoms with Crippen LogP contribution in [0.1, 0.15) is 0 Å². The number of nitrogens with one attached hydrogen (secondary N) is 2. The Hall–Kier alpha value is -2.61. The van der Waals surface area contributed by atoms with Crippen LogP contribution in [-0.4, -0.2) is 31.3 Å². The number of sulfone groups is 1. The van der Waals surface area contributed by atoms with E-state index in [1.807, 2.05) is 0 Å². The molecule has 2 rings (SSSR count). The third kappa shape index (κ3) is 4.68. The van der Waals surface area contributed by atoms with Gasteiger partial charge in [-0.2, -0.15) is 0 Å². The van der Waals surface area contributed by atoms with E-state index >= 15 is 0 Å². The van der Waals surface area contributed by atoms with Crippen molar-refractivity contribution in [3.63, 3.8) is 0 Å². The van der Waals surface area contributed by atoms with Crippen molar-refractivity contribution in [1.82, 2.24) is 9.88 Å². The standard InChI is InChI=1S/C15H17N3O4S/c1-18-11-12(7-8-14(18)19)17-15(20)16-9-10-23(21,22)13-5-3-2-4-6-13/h2-8,11H,9-10H2,1H3,(H2,16,17,20). The van der Waals surface area contributed by atoms with E-state index < -0.39 is 15.9 Å². The van der Waals surface area contributed by atoms with Gasteiger partial charge in [0.05, 0.1) is 16.3 Å². The number of amides is 2. The average Bonchev–Trinajstić information content (AvgIpc) is 2.52. The van der Waals surface area contributed by atoms with Gasteiger partial charge in [-0.15, -0.1) is 0 Å². The molecule has 1 heterocycles. The minimum Gasteiger partial charge on any atom is -0.337 e. The summed E-state index contributed by atoms with van der Waals surface area (Å²) in [6.07, 6.45) is 1.47. The van der Waals surface area contributed by atoms with Gasteiger partial charge in [-0.25, -0.2) is 13.2 Å². The Morgan fingerprint density at radius 1 is 1.13 bits per heavy atom. The second kappa shape index (κ2) is 7.10. The highest BCUT2D eigenvalue weighted by molar-refractivity contribution is 7.91. The van der Waals surface area contributed by atoms with Gasteiger partial charge in [0.1, 0.15) is 0 Å². The number of rotatable bonds is 5. The van der Waals surface area contributed by atoms with Gasteiger partial charge in [-0.1, -0.05) is 18.2 Å². The van der Waals surface area contributed by atoms with Crippen molar-refractivity contribution in [2.45, 2.75) is 4.90 Å². The first-order chi connectivity index (χ1) is 10.9. The maximum atomic E-state index is 12.0. The third-order valence-electron chi connectivity index (χ3n) is 3.10. The molecule has 122 valence electrons. The Morgan fingerprint density at radius 2 is 1.83 bits per heavy atom. The largest absolute Gasteiger partial charge is 0.337 e. The summed E-state index contributed by atoms with van der Waals surface area (Å²) in [7, 11) is -1.86. The highest BCUT2D eigenvalue weighted by Crippen LogP contribution is 2.09. The number of nitrogens with zero attached hydrogens (tertiary/aromatic N) is 1. The zero-order chi connectivity index (χ0) is 16.9. The molecular formula is C15H17N3O4S. The van der Waals surface area contributed by atoms with Crippen molar-refractivity contribution >= 4 is 21.6 Å². The van der Waals surface area contributed by atoms with Gasteiger partial charge >= 0.3 is 6.03 Å². The molecule has 23 heavy (non-hydrogen) atoms. The van der Waals surface area contributed by atoms with Crippen molar-refractivity contribution in [2.75, 3.05) is 17.6 Å². The summed E-state index contributed by atoms with van der Waals surface area (Å²) in [5.41, 5.74) is 0.250. The number of hydrogen-bond acceptors (Lipinski definition) is 4. The fourth-order valence-electron chi connectivity index (χ4n) is 1.89. The van der Waals surface area contributed by atoms with E-state index in [4.69, 9.17) is 0 Å². The molecule has 0 unspecified atom stereocenters. The van der Waals surface area contributed by atoms with E-state index in [0.717, 1.165) is 0 Å². The molecule has 0 saturated carbocycles. The van der Waals surface area contributed by atoms with Crippen LogP contribution >= 0.6 is 0 Å². The van der Waals surface area contributed by atoms with E-state index in [9.17, 15) is 18.0 Å². The molecule has 8 heteroatoms. The van der Waals surface area contributed by atoms with E-state index in [0.29, 0.717) is 5.69 Å². The summed E-state index contributed by atoms with van der Waals surface area (Å²) in [6, 6.07) is 10.3. The second-order valence-electron chi connectivity index (χ2n) is 4.88. The number of carbonyl (C=O) groups is 1. The smallest absolute Gasteiger partial charge is 0.319 e. The first-order valence-corrected chi connectivity index (χ1v) is 8.53. The molecule has 0 fully saturated rings. The van der Waals surface area contributed by atoms with E-state index in [1.165, 1.54) is 35.0 Å². The Morgan fingerprint density at radius 3 is 2.48 bits per heavy atom. The summed E-state index contributed by atoms with van der Waals surface area (Å²) >= 11 is 0. The van der Waals surface area contributed by atoms with Crippen molar-refractivity contribution in [1.29, 1.82) is 0 Å². The number of anilines is 1. The van der Waals surface area contributed by atoms with Crippen LogP contribution in [-0.2, 0) is 16.9 Å². The second-order valence-corrected chi connectivity index (χ2v) is 6.99. The maximum absolute atomic E-state index is 12.0.